The number of benzene rings is 1. The Bertz CT molecular complexity index is 287. The topological polar surface area (TPSA) is 12.0 Å². The van der Waals surface area contributed by atoms with Crippen LogP contribution in [0.3, 0.4) is 0 Å². The second-order valence-corrected chi connectivity index (χ2v) is 5.10. The first-order chi connectivity index (χ1) is 7.63. The van der Waals surface area contributed by atoms with Crippen molar-refractivity contribution < 1.29 is 0 Å². The summed E-state index contributed by atoms with van der Waals surface area (Å²) in [5, 5.41) is 3.21. The van der Waals surface area contributed by atoms with Crippen molar-refractivity contribution in [2.24, 2.45) is 5.92 Å². The lowest BCUT2D eigenvalue weighted by Crippen LogP contribution is -2.12. The Hall–Kier alpha value is -0.820. The van der Waals surface area contributed by atoms with Gasteiger partial charge in [-0.3, -0.25) is 0 Å². The summed E-state index contributed by atoms with van der Waals surface area (Å²) >= 11 is 0. The molecule has 1 unspecified atom stereocenters. The quantitative estimate of drug-likeness (QED) is 0.771. The molecule has 0 aliphatic rings. The predicted octanol–water partition coefficient (Wildman–Crippen LogP) is 3.60. The molecule has 1 aromatic carbocycles. The summed E-state index contributed by atoms with van der Waals surface area (Å²) in [4.78, 5) is 0. The number of nitrogens with one attached hydrogen (secondary N) is 1. The molecule has 16 heavy (non-hydrogen) atoms. The van der Waals surface area contributed by atoms with E-state index in [9.17, 15) is 0 Å². The van der Waals surface area contributed by atoms with Gasteiger partial charge in [-0.05, 0) is 49.4 Å². The van der Waals surface area contributed by atoms with Gasteiger partial charge >= 0.3 is 0 Å². The van der Waals surface area contributed by atoms with Gasteiger partial charge in [-0.25, -0.2) is 0 Å². The highest BCUT2D eigenvalue weighted by Crippen LogP contribution is 2.17. The van der Waals surface area contributed by atoms with Crippen LogP contribution in [0, 0.1) is 5.92 Å². The fourth-order valence-electron chi connectivity index (χ4n) is 1.93. The van der Waals surface area contributed by atoms with Gasteiger partial charge in [-0.1, -0.05) is 45.0 Å². The summed E-state index contributed by atoms with van der Waals surface area (Å²) in [5.74, 6) is 1.40. The SMILES string of the molecule is CNCCC(C)Cc1ccc(C(C)C)cc1. The monoisotopic (exact) mass is 219 g/mol. The normalized spacial score (nSPS) is 13.1. The molecule has 0 radical (unpaired) electrons. The summed E-state index contributed by atoms with van der Waals surface area (Å²) < 4.78 is 0. The first-order valence-electron chi connectivity index (χ1n) is 6.37. The lowest BCUT2D eigenvalue weighted by atomic mass is 9.95. The first kappa shape index (κ1) is 13.2. The lowest BCUT2D eigenvalue weighted by molar-refractivity contribution is 0.515. The Kier molecular flexibility index (Phi) is 5.54. The maximum Gasteiger partial charge on any atom is -0.00493 e. The van der Waals surface area contributed by atoms with Crippen molar-refractivity contribution in [1.82, 2.24) is 5.32 Å². The van der Waals surface area contributed by atoms with Crippen LogP contribution in [0.5, 0.6) is 0 Å². The van der Waals surface area contributed by atoms with Crippen LogP contribution < -0.4 is 5.32 Å². The molecule has 0 spiro atoms. The molecular formula is C15H25N. The number of rotatable bonds is 6. The largest absolute Gasteiger partial charge is 0.320 e. The van der Waals surface area contributed by atoms with E-state index in [0.29, 0.717) is 5.92 Å². The fraction of sp³-hybridized carbons (Fsp3) is 0.600. The minimum atomic E-state index is 0.635. The van der Waals surface area contributed by atoms with Crippen LogP contribution in [0.15, 0.2) is 24.3 Å². The number of hydrogen-bond donors (Lipinski definition) is 1. The van der Waals surface area contributed by atoms with Gasteiger partial charge in [-0.15, -0.1) is 0 Å². The molecular weight excluding hydrogens is 194 g/mol. The Morgan fingerprint density at radius 3 is 2.19 bits per heavy atom. The summed E-state index contributed by atoms with van der Waals surface area (Å²) in [6.45, 7) is 7.92. The van der Waals surface area contributed by atoms with Gasteiger partial charge in [0.1, 0.15) is 0 Å². The van der Waals surface area contributed by atoms with E-state index in [1.54, 1.807) is 0 Å². The molecule has 0 saturated carbocycles. The molecule has 0 heterocycles. The first-order valence-corrected chi connectivity index (χ1v) is 6.37. The van der Waals surface area contributed by atoms with E-state index >= 15 is 0 Å². The maximum absolute atomic E-state index is 3.21. The predicted molar refractivity (Wildman–Crippen MR) is 71.9 cm³/mol. The molecule has 1 rings (SSSR count). The molecule has 0 aliphatic heterocycles. The van der Waals surface area contributed by atoms with E-state index in [-0.39, 0.29) is 0 Å². The third kappa shape index (κ3) is 4.36. The minimum absolute atomic E-state index is 0.635. The number of hydrogen-bond acceptors (Lipinski definition) is 1. The molecule has 0 amide bonds. The third-order valence-electron chi connectivity index (χ3n) is 3.12. The van der Waals surface area contributed by atoms with E-state index in [1.165, 1.54) is 24.0 Å². The van der Waals surface area contributed by atoms with Gasteiger partial charge in [0.25, 0.3) is 0 Å². The van der Waals surface area contributed by atoms with E-state index in [2.05, 4.69) is 50.4 Å². The average molecular weight is 219 g/mol. The molecule has 90 valence electrons. The van der Waals surface area contributed by atoms with Gasteiger partial charge in [0, 0.05) is 0 Å². The smallest absolute Gasteiger partial charge is 0.00493 e. The molecule has 1 atom stereocenters. The maximum atomic E-state index is 3.21. The van der Waals surface area contributed by atoms with Crippen molar-refractivity contribution in [3.05, 3.63) is 35.4 Å². The zero-order valence-electron chi connectivity index (χ0n) is 11.1. The molecule has 1 nitrogen and oxygen atoms in total. The van der Waals surface area contributed by atoms with Crippen molar-refractivity contribution in [1.29, 1.82) is 0 Å². The summed E-state index contributed by atoms with van der Waals surface area (Å²) in [7, 11) is 2.02. The standard InChI is InChI=1S/C15H25N/c1-12(2)15-7-5-14(6-8-15)11-13(3)9-10-16-4/h5-8,12-13,16H,9-11H2,1-4H3. The minimum Gasteiger partial charge on any atom is -0.320 e. The van der Waals surface area contributed by atoms with Crippen molar-refractivity contribution in [2.45, 2.75) is 39.5 Å². The van der Waals surface area contributed by atoms with Crippen LogP contribution in [0.25, 0.3) is 0 Å². The van der Waals surface area contributed by atoms with Crippen LogP contribution in [-0.2, 0) is 6.42 Å². The van der Waals surface area contributed by atoms with E-state index in [0.717, 1.165) is 12.5 Å². The zero-order chi connectivity index (χ0) is 12.0. The molecule has 0 aliphatic carbocycles. The van der Waals surface area contributed by atoms with Crippen LogP contribution in [0.2, 0.25) is 0 Å². The molecule has 1 heteroatoms. The average Bonchev–Trinajstić information content (AvgIpc) is 2.27. The van der Waals surface area contributed by atoms with Gasteiger partial charge in [0.15, 0.2) is 0 Å². The molecule has 0 fully saturated rings. The van der Waals surface area contributed by atoms with Crippen molar-refractivity contribution in [2.75, 3.05) is 13.6 Å². The Balaban J connectivity index is 2.48. The van der Waals surface area contributed by atoms with Crippen LogP contribution in [0.4, 0.5) is 0 Å². The van der Waals surface area contributed by atoms with E-state index in [1.807, 2.05) is 7.05 Å². The molecule has 0 aromatic heterocycles. The highest BCUT2D eigenvalue weighted by molar-refractivity contribution is 5.24. The van der Waals surface area contributed by atoms with Crippen molar-refractivity contribution in [3.63, 3.8) is 0 Å². The summed E-state index contributed by atoms with van der Waals surface area (Å²) in [6.07, 6.45) is 2.45. The summed E-state index contributed by atoms with van der Waals surface area (Å²) in [6, 6.07) is 9.10. The molecule has 0 bridgehead atoms. The van der Waals surface area contributed by atoms with Gasteiger partial charge in [-0.2, -0.15) is 0 Å². The van der Waals surface area contributed by atoms with Gasteiger partial charge in [0.05, 0.1) is 0 Å². The van der Waals surface area contributed by atoms with Crippen LogP contribution in [-0.4, -0.2) is 13.6 Å². The highest BCUT2D eigenvalue weighted by Gasteiger charge is 2.04. The molecule has 0 saturated heterocycles. The molecule has 1 N–H and O–H groups in total. The van der Waals surface area contributed by atoms with Crippen LogP contribution in [0.1, 0.15) is 44.2 Å². The van der Waals surface area contributed by atoms with Gasteiger partial charge < -0.3 is 5.32 Å². The van der Waals surface area contributed by atoms with E-state index < -0.39 is 0 Å². The van der Waals surface area contributed by atoms with Crippen molar-refractivity contribution >= 4 is 0 Å². The van der Waals surface area contributed by atoms with E-state index in [4.69, 9.17) is 0 Å². The summed E-state index contributed by atoms with van der Waals surface area (Å²) in [5.41, 5.74) is 2.90. The van der Waals surface area contributed by atoms with Crippen molar-refractivity contribution in [3.8, 4) is 0 Å². The second kappa shape index (κ2) is 6.70. The Labute approximate surface area is 100 Å². The third-order valence-corrected chi connectivity index (χ3v) is 3.12. The highest BCUT2D eigenvalue weighted by atomic mass is 14.8. The second-order valence-electron chi connectivity index (χ2n) is 5.10. The van der Waals surface area contributed by atoms with Gasteiger partial charge in [0.2, 0.25) is 0 Å². The lowest BCUT2D eigenvalue weighted by Gasteiger charge is -2.12. The fourth-order valence-corrected chi connectivity index (χ4v) is 1.93. The molecule has 1 aromatic rings. The van der Waals surface area contributed by atoms with Crippen LogP contribution >= 0.6 is 0 Å². The Morgan fingerprint density at radius 1 is 1.06 bits per heavy atom. The Morgan fingerprint density at radius 2 is 1.69 bits per heavy atom. The zero-order valence-corrected chi connectivity index (χ0v) is 11.1.